The molecule has 1 aliphatic rings. The lowest BCUT2D eigenvalue weighted by Crippen LogP contribution is -2.33. The largest absolute Gasteiger partial charge is 0.475 e. The maximum atomic E-state index is 14.0. The highest BCUT2D eigenvalue weighted by Gasteiger charge is 2.51. The Labute approximate surface area is 150 Å². The molecule has 26 heavy (non-hydrogen) atoms. The predicted molar refractivity (Wildman–Crippen MR) is 90.9 cm³/mol. The molecule has 8 heteroatoms. The number of alkyl halides is 3. The number of pyridine rings is 1. The Morgan fingerprint density at radius 1 is 1.31 bits per heavy atom. The SMILES string of the molecule is CC1=C(C(=O)OCC(C)C)C(C(F)(F)F)c2c(ccnc2OC(C)C)N1. The first kappa shape index (κ1) is 20.1. The molecule has 1 aliphatic heterocycles. The molecule has 144 valence electrons. The Hall–Kier alpha value is -2.25. The monoisotopic (exact) mass is 372 g/mol. The first-order valence-corrected chi connectivity index (χ1v) is 8.39. The molecule has 1 aromatic heterocycles. The number of hydrogen-bond donors (Lipinski definition) is 1. The van der Waals surface area contributed by atoms with Crippen molar-refractivity contribution in [1.29, 1.82) is 0 Å². The molecule has 0 saturated carbocycles. The van der Waals surface area contributed by atoms with Gasteiger partial charge < -0.3 is 14.8 Å². The van der Waals surface area contributed by atoms with Crippen LogP contribution in [0.4, 0.5) is 18.9 Å². The molecule has 0 aliphatic carbocycles. The van der Waals surface area contributed by atoms with Crippen LogP contribution in [-0.4, -0.2) is 29.8 Å². The van der Waals surface area contributed by atoms with Crippen LogP contribution in [0, 0.1) is 5.92 Å². The highest BCUT2D eigenvalue weighted by molar-refractivity contribution is 5.94. The lowest BCUT2D eigenvalue weighted by Gasteiger charge is -2.32. The minimum absolute atomic E-state index is 0.00882. The van der Waals surface area contributed by atoms with E-state index in [2.05, 4.69) is 10.3 Å². The third kappa shape index (κ3) is 4.28. The number of carbonyl (C=O) groups excluding carboxylic acids is 1. The molecule has 1 atom stereocenters. The first-order chi connectivity index (χ1) is 12.0. The van der Waals surface area contributed by atoms with Gasteiger partial charge in [-0.1, -0.05) is 13.8 Å². The quantitative estimate of drug-likeness (QED) is 0.776. The second kappa shape index (κ2) is 7.55. The van der Waals surface area contributed by atoms with Gasteiger partial charge in [-0.25, -0.2) is 9.78 Å². The van der Waals surface area contributed by atoms with E-state index >= 15 is 0 Å². The van der Waals surface area contributed by atoms with E-state index in [1.54, 1.807) is 13.8 Å². The molecule has 2 heterocycles. The molecular weight excluding hydrogens is 349 g/mol. The van der Waals surface area contributed by atoms with Crippen LogP contribution in [0.2, 0.25) is 0 Å². The molecule has 2 rings (SSSR count). The second-order valence-corrected chi connectivity index (χ2v) is 6.87. The summed E-state index contributed by atoms with van der Waals surface area (Å²) in [5, 5.41) is 2.85. The summed E-state index contributed by atoms with van der Waals surface area (Å²) >= 11 is 0. The van der Waals surface area contributed by atoms with Gasteiger partial charge in [0.1, 0.15) is 5.92 Å². The van der Waals surface area contributed by atoms with E-state index in [0.717, 1.165) is 0 Å². The van der Waals surface area contributed by atoms with Gasteiger partial charge in [-0.15, -0.1) is 0 Å². The van der Waals surface area contributed by atoms with Gasteiger partial charge in [0.25, 0.3) is 0 Å². The number of ether oxygens (including phenoxy) is 2. The first-order valence-electron chi connectivity index (χ1n) is 8.39. The molecule has 0 radical (unpaired) electrons. The average molecular weight is 372 g/mol. The van der Waals surface area contributed by atoms with E-state index in [-0.39, 0.29) is 41.5 Å². The van der Waals surface area contributed by atoms with E-state index in [1.165, 1.54) is 19.2 Å². The van der Waals surface area contributed by atoms with Gasteiger partial charge in [0, 0.05) is 17.6 Å². The number of allylic oxidation sites excluding steroid dienone is 1. The molecule has 0 amide bonds. The molecule has 1 unspecified atom stereocenters. The predicted octanol–water partition coefficient (Wildman–Crippen LogP) is 4.41. The van der Waals surface area contributed by atoms with E-state index in [0.29, 0.717) is 0 Å². The zero-order chi connectivity index (χ0) is 19.6. The summed E-state index contributed by atoms with van der Waals surface area (Å²) in [6.07, 6.45) is -3.71. The topological polar surface area (TPSA) is 60.5 Å². The number of halogens is 3. The third-order valence-corrected chi connectivity index (χ3v) is 3.70. The van der Waals surface area contributed by atoms with Crippen LogP contribution in [-0.2, 0) is 9.53 Å². The summed E-state index contributed by atoms with van der Waals surface area (Å²) in [6.45, 7) is 8.47. The fourth-order valence-corrected chi connectivity index (χ4v) is 2.71. The standard InChI is InChI=1S/C18H23F3N2O3/c1-9(2)8-25-17(24)13-11(5)23-12-6-7-22-16(26-10(3)4)14(12)15(13)18(19,20)21/h6-7,9-10,15,23H,8H2,1-5H3. The molecule has 0 bridgehead atoms. The Bertz CT molecular complexity index is 712. The Balaban J connectivity index is 2.56. The van der Waals surface area contributed by atoms with Crippen molar-refractivity contribution in [3.8, 4) is 5.88 Å². The van der Waals surface area contributed by atoms with Crippen LogP contribution in [0.15, 0.2) is 23.5 Å². The van der Waals surface area contributed by atoms with Crippen LogP contribution < -0.4 is 10.1 Å². The minimum atomic E-state index is -4.71. The number of nitrogens with one attached hydrogen (secondary N) is 1. The van der Waals surface area contributed by atoms with Crippen molar-refractivity contribution in [2.24, 2.45) is 5.92 Å². The Kier molecular flexibility index (Phi) is 5.83. The number of fused-ring (bicyclic) bond motifs is 1. The van der Waals surface area contributed by atoms with Gasteiger partial charge in [-0.3, -0.25) is 0 Å². The normalized spacial score (nSPS) is 17.2. The second-order valence-electron chi connectivity index (χ2n) is 6.87. The van der Waals surface area contributed by atoms with Crippen LogP contribution in [0.3, 0.4) is 0 Å². The van der Waals surface area contributed by atoms with Crippen molar-refractivity contribution >= 4 is 11.7 Å². The van der Waals surface area contributed by atoms with Gasteiger partial charge in [0.15, 0.2) is 0 Å². The van der Waals surface area contributed by atoms with E-state index < -0.39 is 23.6 Å². The summed E-state index contributed by atoms with van der Waals surface area (Å²) in [4.78, 5) is 16.4. The van der Waals surface area contributed by atoms with Gasteiger partial charge in [-0.05, 0) is 32.8 Å². The number of hydrogen-bond acceptors (Lipinski definition) is 5. The average Bonchev–Trinajstić information content (AvgIpc) is 2.50. The summed E-state index contributed by atoms with van der Waals surface area (Å²) in [6, 6.07) is 1.43. The molecule has 5 nitrogen and oxygen atoms in total. The van der Waals surface area contributed by atoms with Crippen LogP contribution in [0.25, 0.3) is 0 Å². The number of carbonyl (C=O) groups is 1. The molecule has 1 N–H and O–H groups in total. The molecule has 0 saturated heterocycles. The van der Waals surface area contributed by atoms with Gasteiger partial charge in [0.05, 0.1) is 23.8 Å². The fraction of sp³-hybridized carbons (Fsp3) is 0.556. The van der Waals surface area contributed by atoms with Gasteiger partial charge in [0.2, 0.25) is 5.88 Å². The number of esters is 1. The summed E-state index contributed by atoms with van der Waals surface area (Å²) in [5.41, 5.74) is -0.339. The maximum Gasteiger partial charge on any atom is 0.400 e. The zero-order valence-corrected chi connectivity index (χ0v) is 15.4. The lowest BCUT2D eigenvalue weighted by atomic mass is 9.85. The molecule has 0 fully saturated rings. The molecule has 0 aromatic carbocycles. The van der Waals surface area contributed by atoms with Crippen molar-refractivity contribution in [3.05, 3.63) is 29.1 Å². The summed E-state index contributed by atoms with van der Waals surface area (Å²) < 4.78 is 52.5. The summed E-state index contributed by atoms with van der Waals surface area (Å²) in [5.74, 6) is -3.29. The Morgan fingerprint density at radius 2 is 1.96 bits per heavy atom. The molecule has 1 aromatic rings. The number of aromatic nitrogens is 1. The smallest absolute Gasteiger partial charge is 0.400 e. The van der Waals surface area contributed by atoms with Gasteiger partial charge in [-0.2, -0.15) is 13.2 Å². The van der Waals surface area contributed by atoms with E-state index in [1.807, 2.05) is 13.8 Å². The summed E-state index contributed by atoms with van der Waals surface area (Å²) in [7, 11) is 0. The minimum Gasteiger partial charge on any atom is -0.475 e. The highest BCUT2D eigenvalue weighted by Crippen LogP contribution is 2.50. The lowest BCUT2D eigenvalue weighted by molar-refractivity contribution is -0.155. The van der Waals surface area contributed by atoms with Gasteiger partial charge >= 0.3 is 12.1 Å². The third-order valence-electron chi connectivity index (χ3n) is 3.70. The zero-order valence-electron chi connectivity index (χ0n) is 15.4. The van der Waals surface area contributed by atoms with E-state index in [9.17, 15) is 18.0 Å². The van der Waals surface area contributed by atoms with Crippen molar-refractivity contribution in [1.82, 2.24) is 4.98 Å². The maximum absolute atomic E-state index is 14.0. The molecule has 0 spiro atoms. The highest BCUT2D eigenvalue weighted by atomic mass is 19.4. The number of rotatable bonds is 5. The van der Waals surface area contributed by atoms with Crippen LogP contribution >= 0.6 is 0 Å². The van der Waals surface area contributed by atoms with Crippen LogP contribution in [0.5, 0.6) is 5.88 Å². The Morgan fingerprint density at radius 3 is 2.50 bits per heavy atom. The van der Waals surface area contributed by atoms with Crippen molar-refractivity contribution < 1.29 is 27.4 Å². The van der Waals surface area contributed by atoms with Crippen molar-refractivity contribution in [3.63, 3.8) is 0 Å². The molecular formula is C18H23F3N2O3. The van der Waals surface area contributed by atoms with Crippen LogP contribution in [0.1, 0.15) is 46.1 Å². The van der Waals surface area contributed by atoms with Crippen molar-refractivity contribution in [2.45, 2.75) is 52.8 Å². The van der Waals surface area contributed by atoms with E-state index in [4.69, 9.17) is 9.47 Å². The van der Waals surface area contributed by atoms with Crippen molar-refractivity contribution in [2.75, 3.05) is 11.9 Å². The number of nitrogens with zero attached hydrogens (tertiary/aromatic N) is 1. The fourth-order valence-electron chi connectivity index (χ4n) is 2.71. The number of anilines is 1.